The highest BCUT2D eigenvalue weighted by molar-refractivity contribution is 7.22. The highest BCUT2D eigenvalue weighted by Gasteiger charge is 2.52. The summed E-state index contributed by atoms with van der Waals surface area (Å²) in [5.41, 5.74) is -0.498. The van der Waals surface area contributed by atoms with Crippen LogP contribution in [0.4, 0.5) is 0 Å². The molecule has 0 spiro atoms. The molecular weight excluding hydrogens is 259 g/mol. The van der Waals surface area contributed by atoms with Gasteiger partial charge in [0.15, 0.2) is 0 Å². The second kappa shape index (κ2) is 4.20. The van der Waals surface area contributed by atoms with Crippen LogP contribution in [0.5, 0.6) is 0 Å². The fraction of sp³-hybridized carbons (Fsp3) is 0.692. The molecule has 0 aliphatic carbocycles. The Bertz CT molecular complexity index is 432. The summed E-state index contributed by atoms with van der Waals surface area (Å²) in [4.78, 5) is 0. The van der Waals surface area contributed by atoms with Gasteiger partial charge in [-0.2, -0.15) is 11.3 Å². The molecule has 0 atom stereocenters. The van der Waals surface area contributed by atoms with E-state index in [4.69, 9.17) is 9.31 Å². The molecule has 1 aromatic heterocycles. The van der Waals surface area contributed by atoms with Crippen molar-refractivity contribution in [2.75, 3.05) is 0 Å². The second-order valence-electron chi connectivity index (χ2n) is 7.08. The minimum atomic E-state index is -1.24. The zero-order chi connectivity index (χ0) is 13.8. The van der Waals surface area contributed by atoms with Crippen LogP contribution >= 0.6 is 11.3 Å². The van der Waals surface area contributed by atoms with E-state index in [0.717, 1.165) is 0 Å². The van der Waals surface area contributed by atoms with Gasteiger partial charge in [-0.15, -0.1) is 0 Å². The summed E-state index contributed by atoms with van der Waals surface area (Å²) in [5, 5.41) is 3.75. The lowest BCUT2D eigenvalue weighted by molar-refractivity contribution is 0.00578. The fourth-order valence-electron chi connectivity index (χ4n) is 1.83. The molecule has 0 amide bonds. The van der Waals surface area contributed by atoms with Crippen LogP contribution < -0.4 is 9.96 Å². The molecule has 1 fully saturated rings. The van der Waals surface area contributed by atoms with E-state index < -0.39 is 8.07 Å². The molecule has 18 heavy (non-hydrogen) atoms. The van der Waals surface area contributed by atoms with E-state index in [2.05, 4.69) is 58.8 Å². The number of hydrogen-bond donors (Lipinski definition) is 0. The highest BCUT2D eigenvalue weighted by atomic mass is 32.1. The van der Waals surface area contributed by atoms with E-state index in [9.17, 15) is 0 Å². The van der Waals surface area contributed by atoms with E-state index in [0.29, 0.717) is 0 Å². The van der Waals surface area contributed by atoms with Crippen molar-refractivity contribution in [2.45, 2.75) is 58.5 Å². The summed E-state index contributed by atoms with van der Waals surface area (Å²) >= 11 is 1.76. The molecule has 0 bridgehead atoms. The molecule has 0 saturated carbocycles. The Labute approximate surface area is 116 Å². The van der Waals surface area contributed by atoms with Gasteiger partial charge in [0.05, 0.1) is 19.3 Å². The zero-order valence-electron chi connectivity index (χ0n) is 12.5. The lowest BCUT2D eigenvalue weighted by Crippen LogP contribution is -2.41. The molecule has 0 radical (unpaired) electrons. The van der Waals surface area contributed by atoms with Gasteiger partial charge in [0.2, 0.25) is 0 Å². The fourth-order valence-corrected chi connectivity index (χ4v) is 4.85. The molecule has 1 saturated heterocycles. The zero-order valence-corrected chi connectivity index (χ0v) is 14.3. The smallest absolute Gasteiger partial charge is 0.399 e. The van der Waals surface area contributed by atoms with Crippen LogP contribution in [0.25, 0.3) is 0 Å². The van der Waals surface area contributed by atoms with Crippen molar-refractivity contribution in [3.63, 3.8) is 0 Å². The van der Waals surface area contributed by atoms with Crippen molar-refractivity contribution in [3.8, 4) is 0 Å². The monoisotopic (exact) mass is 282 g/mol. The minimum absolute atomic E-state index is 0.204. The van der Waals surface area contributed by atoms with Crippen molar-refractivity contribution in [2.24, 2.45) is 0 Å². The first-order valence-corrected chi connectivity index (χ1v) is 10.9. The largest absolute Gasteiger partial charge is 0.505 e. The Morgan fingerprint density at radius 3 is 1.94 bits per heavy atom. The number of thiophene rings is 1. The Morgan fingerprint density at radius 2 is 1.56 bits per heavy atom. The maximum atomic E-state index is 6.08. The van der Waals surface area contributed by atoms with Crippen molar-refractivity contribution >= 4 is 36.5 Å². The molecule has 2 nitrogen and oxygen atoms in total. The molecule has 0 unspecified atom stereocenters. The first-order chi connectivity index (χ1) is 8.03. The first-order valence-electron chi connectivity index (χ1n) is 6.47. The predicted molar refractivity (Wildman–Crippen MR) is 83.0 cm³/mol. The molecule has 100 valence electrons. The Kier molecular flexibility index (Phi) is 3.34. The third-order valence-electron chi connectivity index (χ3n) is 3.97. The third kappa shape index (κ3) is 2.46. The van der Waals surface area contributed by atoms with E-state index in [-0.39, 0.29) is 18.3 Å². The Balaban J connectivity index is 2.23. The van der Waals surface area contributed by atoms with Crippen LogP contribution in [-0.4, -0.2) is 26.4 Å². The minimum Gasteiger partial charge on any atom is -0.399 e. The average molecular weight is 282 g/mol. The summed E-state index contributed by atoms with van der Waals surface area (Å²) in [7, 11) is -1.44. The number of rotatable bonds is 2. The van der Waals surface area contributed by atoms with Gasteiger partial charge in [0.25, 0.3) is 0 Å². The van der Waals surface area contributed by atoms with Crippen LogP contribution in [0.1, 0.15) is 27.7 Å². The van der Waals surface area contributed by atoms with E-state index in [1.54, 1.807) is 11.3 Å². The van der Waals surface area contributed by atoms with Gasteiger partial charge < -0.3 is 9.31 Å². The summed E-state index contributed by atoms with van der Waals surface area (Å²) in [6.45, 7) is 15.5. The van der Waals surface area contributed by atoms with Crippen molar-refractivity contribution in [3.05, 3.63) is 11.4 Å². The lowest BCUT2D eigenvalue weighted by Gasteiger charge is -2.32. The van der Waals surface area contributed by atoms with Crippen LogP contribution in [0.15, 0.2) is 11.4 Å². The summed E-state index contributed by atoms with van der Waals surface area (Å²) in [6, 6.07) is 2.28. The van der Waals surface area contributed by atoms with Crippen LogP contribution in [-0.2, 0) is 9.31 Å². The molecule has 2 rings (SSSR count). The molecule has 5 heteroatoms. The summed E-state index contributed by atoms with van der Waals surface area (Å²) < 4.78 is 13.4. The Morgan fingerprint density at radius 1 is 1.06 bits per heavy atom. The van der Waals surface area contributed by atoms with Crippen molar-refractivity contribution in [1.82, 2.24) is 0 Å². The summed E-state index contributed by atoms with van der Waals surface area (Å²) in [6.07, 6.45) is 0. The maximum Gasteiger partial charge on any atom is 0.505 e. The van der Waals surface area contributed by atoms with E-state index in [1.807, 2.05) is 0 Å². The van der Waals surface area contributed by atoms with Gasteiger partial charge >= 0.3 is 7.12 Å². The van der Waals surface area contributed by atoms with Gasteiger partial charge in [-0.05, 0) is 38.3 Å². The number of hydrogen-bond acceptors (Lipinski definition) is 3. The first kappa shape index (κ1) is 14.3. The van der Waals surface area contributed by atoms with Crippen molar-refractivity contribution < 1.29 is 9.31 Å². The average Bonchev–Trinajstić information content (AvgIpc) is 2.69. The second-order valence-corrected chi connectivity index (χ2v) is 13.1. The Hall–Kier alpha value is -0.0982. The van der Waals surface area contributed by atoms with E-state index >= 15 is 0 Å². The normalized spacial score (nSPS) is 22.5. The quantitative estimate of drug-likeness (QED) is 0.776. The van der Waals surface area contributed by atoms with Gasteiger partial charge in [-0.1, -0.05) is 25.7 Å². The standard InChI is InChI=1S/C13H23BO2SSi/c1-12(2)13(3,4)16-14(15-12)11-8-10(9-17-11)18(5,6)7/h8-9H,1-7H3. The van der Waals surface area contributed by atoms with Gasteiger partial charge in [-0.25, -0.2) is 0 Å². The molecule has 1 aliphatic heterocycles. The SMILES string of the molecule is CC1(C)OB(c2cc([Si](C)(C)C)cs2)OC1(C)C. The maximum absolute atomic E-state index is 6.08. The van der Waals surface area contributed by atoms with Crippen molar-refractivity contribution in [1.29, 1.82) is 0 Å². The molecule has 1 aromatic rings. The van der Waals surface area contributed by atoms with Gasteiger partial charge in [-0.3, -0.25) is 0 Å². The molecule has 1 aliphatic rings. The molecule has 2 heterocycles. The lowest BCUT2D eigenvalue weighted by atomic mass is 9.88. The van der Waals surface area contributed by atoms with E-state index in [1.165, 1.54) is 9.96 Å². The van der Waals surface area contributed by atoms with Crippen LogP contribution in [0.2, 0.25) is 19.6 Å². The molecular formula is C13H23BO2SSi. The van der Waals surface area contributed by atoms with Gasteiger partial charge in [0.1, 0.15) is 0 Å². The third-order valence-corrected chi connectivity index (χ3v) is 7.16. The predicted octanol–water partition coefficient (Wildman–Crippen LogP) is 2.59. The molecule has 0 N–H and O–H groups in total. The topological polar surface area (TPSA) is 18.5 Å². The van der Waals surface area contributed by atoms with Gasteiger partial charge in [0, 0.05) is 4.78 Å². The van der Waals surface area contributed by atoms with Crippen LogP contribution in [0.3, 0.4) is 0 Å². The summed E-state index contributed by atoms with van der Waals surface area (Å²) in [5.74, 6) is 0. The highest BCUT2D eigenvalue weighted by Crippen LogP contribution is 2.36. The molecule has 0 aromatic carbocycles. The van der Waals surface area contributed by atoms with Crippen LogP contribution in [0, 0.1) is 0 Å².